The predicted octanol–water partition coefficient (Wildman–Crippen LogP) is 2.50. The van der Waals surface area contributed by atoms with Crippen molar-refractivity contribution in [2.24, 2.45) is 0 Å². The van der Waals surface area contributed by atoms with Gasteiger partial charge in [0, 0.05) is 35.9 Å². The maximum Gasteiger partial charge on any atom is 0.0782 e. The Balaban J connectivity index is 2.90. The number of benzene rings is 1. The van der Waals surface area contributed by atoms with E-state index in [0.29, 0.717) is 0 Å². The summed E-state index contributed by atoms with van der Waals surface area (Å²) in [6, 6.07) is 5.99. The summed E-state index contributed by atoms with van der Waals surface area (Å²) in [6.45, 7) is 3.72. The van der Waals surface area contributed by atoms with Crippen LogP contribution >= 0.6 is 15.9 Å². The van der Waals surface area contributed by atoms with E-state index in [1.165, 1.54) is 0 Å². The normalized spacial score (nSPS) is 12.9. The molecule has 0 saturated heterocycles. The number of likely N-dealkylation sites (N-methyl/N-ethyl adjacent to an activating group) is 2. The average molecular weight is 301 g/mol. The predicted molar refractivity (Wildman–Crippen MR) is 76.6 cm³/mol. The van der Waals surface area contributed by atoms with E-state index >= 15 is 0 Å². The highest BCUT2D eigenvalue weighted by Gasteiger charge is 2.12. The Kier molecular flexibility index (Phi) is 5.43. The SMILES string of the molecule is CC(O)c1ccc(Br)cc1N(C)CCN(C)C. The van der Waals surface area contributed by atoms with Gasteiger partial charge >= 0.3 is 0 Å². The van der Waals surface area contributed by atoms with Crippen molar-refractivity contribution in [2.75, 3.05) is 39.1 Å². The Morgan fingerprint density at radius 1 is 1.24 bits per heavy atom. The molecule has 0 spiro atoms. The first-order chi connectivity index (χ1) is 7.91. The van der Waals surface area contributed by atoms with Crippen molar-refractivity contribution in [3.05, 3.63) is 28.2 Å². The van der Waals surface area contributed by atoms with Crippen molar-refractivity contribution in [3.63, 3.8) is 0 Å². The molecule has 0 aliphatic heterocycles. The van der Waals surface area contributed by atoms with Gasteiger partial charge in [0.15, 0.2) is 0 Å². The minimum atomic E-state index is -0.445. The Labute approximate surface area is 112 Å². The van der Waals surface area contributed by atoms with Crippen LogP contribution in [0.4, 0.5) is 5.69 Å². The molecule has 0 saturated carbocycles. The lowest BCUT2D eigenvalue weighted by Crippen LogP contribution is -2.29. The van der Waals surface area contributed by atoms with Gasteiger partial charge in [-0.2, -0.15) is 0 Å². The third-order valence-electron chi connectivity index (χ3n) is 2.74. The second kappa shape index (κ2) is 6.38. The Hall–Kier alpha value is -0.580. The lowest BCUT2D eigenvalue weighted by atomic mass is 10.1. The van der Waals surface area contributed by atoms with Crippen LogP contribution in [0.15, 0.2) is 22.7 Å². The highest BCUT2D eigenvalue weighted by molar-refractivity contribution is 9.10. The fourth-order valence-electron chi connectivity index (χ4n) is 1.67. The molecule has 0 aliphatic rings. The quantitative estimate of drug-likeness (QED) is 0.905. The summed E-state index contributed by atoms with van der Waals surface area (Å²) in [6.07, 6.45) is -0.445. The third-order valence-corrected chi connectivity index (χ3v) is 3.23. The number of hydrogen-bond acceptors (Lipinski definition) is 3. The van der Waals surface area contributed by atoms with E-state index in [9.17, 15) is 5.11 Å². The lowest BCUT2D eigenvalue weighted by molar-refractivity contribution is 0.199. The number of aliphatic hydroxyl groups excluding tert-OH is 1. The summed E-state index contributed by atoms with van der Waals surface area (Å²) in [4.78, 5) is 4.32. The summed E-state index contributed by atoms with van der Waals surface area (Å²) >= 11 is 3.48. The molecule has 4 heteroatoms. The summed E-state index contributed by atoms with van der Waals surface area (Å²) in [5.74, 6) is 0. The van der Waals surface area contributed by atoms with Crippen molar-refractivity contribution in [3.8, 4) is 0 Å². The summed E-state index contributed by atoms with van der Waals surface area (Å²) in [7, 11) is 6.17. The van der Waals surface area contributed by atoms with E-state index in [2.05, 4.69) is 52.9 Å². The van der Waals surface area contributed by atoms with Gasteiger partial charge in [0.25, 0.3) is 0 Å². The molecule has 1 rings (SSSR count). The van der Waals surface area contributed by atoms with E-state index in [-0.39, 0.29) is 0 Å². The molecule has 0 aliphatic carbocycles. The van der Waals surface area contributed by atoms with Crippen LogP contribution in [-0.4, -0.2) is 44.2 Å². The summed E-state index contributed by atoms with van der Waals surface area (Å²) in [5, 5.41) is 9.77. The van der Waals surface area contributed by atoms with Gasteiger partial charge in [-0.05, 0) is 33.2 Å². The molecule has 0 radical (unpaired) electrons. The van der Waals surface area contributed by atoms with Gasteiger partial charge in [0.2, 0.25) is 0 Å². The number of halogens is 1. The molecular formula is C13H21BrN2O. The van der Waals surface area contributed by atoms with Crippen LogP contribution in [0.3, 0.4) is 0 Å². The molecule has 1 unspecified atom stereocenters. The molecule has 0 aromatic heterocycles. The Bertz CT molecular complexity index is 366. The van der Waals surface area contributed by atoms with E-state index in [4.69, 9.17) is 0 Å². The van der Waals surface area contributed by atoms with Gasteiger partial charge in [-0.15, -0.1) is 0 Å². The smallest absolute Gasteiger partial charge is 0.0782 e. The van der Waals surface area contributed by atoms with Crippen LogP contribution in [0.5, 0.6) is 0 Å². The van der Waals surface area contributed by atoms with Gasteiger partial charge in [0.05, 0.1) is 6.10 Å². The van der Waals surface area contributed by atoms with Crippen molar-refractivity contribution in [1.82, 2.24) is 4.90 Å². The van der Waals surface area contributed by atoms with Crippen molar-refractivity contribution >= 4 is 21.6 Å². The third kappa shape index (κ3) is 4.30. The fraction of sp³-hybridized carbons (Fsp3) is 0.538. The zero-order chi connectivity index (χ0) is 13.0. The number of hydrogen-bond donors (Lipinski definition) is 1. The first-order valence-corrected chi connectivity index (χ1v) is 6.54. The Morgan fingerprint density at radius 3 is 2.41 bits per heavy atom. The highest BCUT2D eigenvalue weighted by Crippen LogP contribution is 2.28. The number of aliphatic hydroxyl groups is 1. The molecule has 1 N–H and O–H groups in total. The van der Waals surface area contributed by atoms with E-state index < -0.39 is 6.10 Å². The van der Waals surface area contributed by atoms with Crippen LogP contribution < -0.4 is 4.90 Å². The number of nitrogens with zero attached hydrogens (tertiary/aromatic N) is 2. The fourth-order valence-corrected chi connectivity index (χ4v) is 2.02. The monoisotopic (exact) mass is 300 g/mol. The van der Waals surface area contributed by atoms with Crippen LogP contribution in [0.1, 0.15) is 18.6 Å². The van der Waals surface area contributed by atoms with E-state index in [1.54, 1.807) is 6.92 Å². The van der Waals surface area contributed by atoms with Crippen LogP contribution in [0.2, 0.25) is 0 Å². The van der Waals surface area contributed by atoms with Gasteiger partial charge in [-0.3, -0.25) is 0 Å². The molecule has 0 heterocycles. The molecule has 1 aromatic rings. The van der Waals surface area contributed by atoms with Crippen LogP contribution in [0.25, 0.3) is 0 Å². The molecule has 0 fully saturated rings. The standard InChI is InChI=1S/C13H21BrN2O/c1-10(17)12-6-5-11(14)9-13(12)16(4)8-7-15(2)3/h5-6,9-10,17H,7-8H2,1-4H3. The lowest BCUT2D eigenvalue weighted by Gasteiger charge is -2.25. The van der Waals surface area contributed by atoms with Crippen molar-refractivity contribution < 1.29 is 5.11 Å². The van der Waals surface area contributed by atoms with Gasteiger partial charge in [-0.1, -0.05) is 22.0 Å². The maximum atomic E-state index is 9.77. The summed E-state index contributed by atoms with van der Waals surface area (Å²) < 4.78 is 1.04. The van der Waals surface area contributed by atoms with Crippen LogP contribution in [0, 0.1) is 0 Å². The second-order valence-corrected chi connectivity index (χ2v) is 5.52. The average Bonchev–Trinajstić information content (AvgIpc) is 2.25. The second-order valence-electron chi connectivity index (χ2n) is 4.60. The zero-order valence-corrected chi connectivity index (χ0v) is 12.5. The molecule has 3 nitrogen and oxygen atoms in total. The van der Waals surface area contributed by atoms with Crippen LogP contribution in [-0.2, 0) is 0 Å². The van der Waals surface area contributed by atoms with Gasteiger partial charge in [-0.25, -0.2) is 0 Å². The molecule has 96 valence electrons. The number of anilines is 1. The zero-order valence-electron chi connectivity index (χ0n) is 10.9. The molecule has 1 atom stereocenters. The van der Waals surface area contributed by atoms with E-state index in [0.717, 1.165) is 28.8 Å². The first kappa shape index (κ1) is 14.5. The maximum absolute atomic E-state index is 9.77. The minimum Gasteiger partial charge on any atom is -0.389 e. The largest absolute Gasteiger partial charge is 0.389 e. The summed E-state index contributed by atoms with van der Waals surface area (Å²) in [5.41, 5.74) is 2.05. The van der Waals surface area contributed by atoms with E-state index in [1.807, 2.05) is 12.1 Å². The molecule has 0 amide bonds. The molecule has 17 heavy (non-hydrogen) atoms. The molecular weight excluding hydrogens is 280 g/mol. The number of rotatable bonds is 5. The van der Waals surface area contributed by atoms with Gasteiger partial charge < -0.3 is 14.9 Å². The minimum absolute atomic E-state index is 0.445. The molecule has 1 aromatic carbocycles. The van der Waals surface area contributed by atoms with Crippen molar-refractivity contribution in [1.29, 1.82) is 0 Å². The Morgan fingerprint density at radius 2 is 1.88 bits per heavy atom. The van der Waals surface area contributed by atoms with Gasteiger partial charge in [0.1, 0.15) is 0 Å². The highest BCUT2D eigenvalue weighted by atomic mass is 79.9. The molecule has 0 bridgehead atoms. The topological polar surface area (TPSA) is 26.7 Å². The van der Waals surface area contributed by atoms with Crippen molar-refractivity contribution in [2.45, 2.75) is 13.0 Å². The first-order valence-electron chi connectivity index (χ1n) is 5.75.